The summed E-state index contributed by atoms with van der Waals surface area (Å²) in [5.41, 5.74) is 1.73. The van der Waals surface area contributed by atoms with Gasteiger partial charge >= 0.3 is 0 Å². The minimum absolute atomic E-state index is 0.112. The number of para-hydroxylation sites is 1. The summed E-state index contributed by atoms with van der Waals surface area (Å²) in [6.45, 7) is 0.265. The van der Waals surface area contributed by atoms with E-state index in [0.717, 1.165) is 5.52 Å². The highest BCUT2D eigenvalue weighted by Crippen LogP contribution is 2.33. The van der Waals surface area contributed by atoms with Gasteiger partial charge < -0.3 is 24.7 Å². The van der Waals surface area contributed by atoms with Crippen LogP contribution in [0.15, 0.2) is 48.7 Å². The number of H-pyrrole nitrogens is 1. The Kier molecular flexibility index (Phi) is 5.14. The molecule has 0 radical (unpaired) electrons. The van der Waals surface area contributed by atoms with Gasteiger partial charge in [0.2, 0.25) is 5.91 Å². The van der Waals surface area contributed by atoms with Gasteiger partial charge in [0.05, 0.1) is 25.8 Å². The number of rotatable bonds is 6. The molecule has 4 rings (SSSR count). The number of benzene rings is 2. The molecule has 1 aliphatic rings. The highest BCUT2D eigenvalue weighted by molar-refractivity contribution is 6.45. The molecule has 1 aliphatic heterocycles. The van der Waals surface area contributed by atoms with E-state index in [9.17, 15) is 14.4 Å². The van der Waals surface area contributed by atoms with Crippen molar-refractivity contribution < 1.29 is 23.9 Å². The fourth-order valence-corrected chi connectivity index (χ4v) is 3.68. The molecule has 30 heavy (non-hydrogen) atoms. The van der Waals surface area contributed by atoms with Crippen molar-refractivity contribution in [1.29, 1.82) is 0 Å². The average Bonchev–Trinajstić information content (AvgIpc) is 3.35. The summed E-state index contributed by atoms with van der Waals surface area (Å²) < 4.78 is 10.5. The molecule has 8 nitrogen and oxygen atoms in total. The fraction of sp³-hybridized carbons (Fsp3) is 0.227. The number of fused-ring (bicyclic) bond motifs is 1. The Morgan fingerprint density at radius 2 is 1.87 bits per heavy atom. The molecule has 1 fully saturated rings. The predicted molar refractivity (Wildman–Crippen MR) is 111 cm³/mol. The van der Waals surface area contributed by atoms with Crippen molar-refractivity contribution in [3.05, 3.63) is 54.2 Å². The van der Waals surface area contributed by atoms with Gasteiger partial charge in [0.25, 0.3) is 11.7 Å². The van der Waals surface area contributed by atoms with E-state index >= 15 is 0 Å². The van der Waals surface area contributed by atoms with Gasteiger partial charge in [-0.05, 0) is 18.2 Å². The molecule has 1 unspecified atom stereocenters. The first-order valence-electron chi connectivity index (χ1n) is 9.45. The summed E-state index contributed by atoms with van der Waals surface area (Å²) in [5, 5.41) is 3.38. The van der Waals surface area contributed by atoms with E-state index in [1.54, 1.807) is 29.2 Å². The highest BCUT2D eigenvalue weighted by Gasteiger charge is 2.33. The molecule has 0 saturated carbocycles. The Bertz CT molecular complexity index is 1140. The standard InChI is InChI=1S/C22H21N3O5/c1-29-18-8-7-14(10-19(18)30-2)25-12-13(9-20(25)26)24-22(28)21(27)16-11-23-17-6-4-3-5-15(16)17/h3-8,10-11,13,23H,9,12H2,1-2H3,(H,24,28). The van der Waals surface area contributed by atoms with Crippen LogP contribution in [0.1, 0.15) is 16.8 Å². The van der Waals surface area contributed by atoms with Crippen molar-refractivity contribution in [2.75, 3.05) is 25.7 Å². The number of carbonyl (C=O) groups excluding carboxylic acids is 3. The van der Waals surface area contributed by atoms with Gasteiger partial charge in [-0.25, -0.2) is 0 Å². The Hall–Kier alpha value is -3.81. The van der Waals surface area contributed by atoms with Gasteiger partial charge in [-0.1, -0.05) is 18.2 Å². The first kappa shape index (κ1) is 19.5. The summed E-state index contributed by atoms with van der Waals surface area (Å²) in [6, 6.07) is 12.0. The predicted octanol–water partition coefficient (Wildman–Crippen LogP) is 2.29. The average molecular weight is 407 g/mol. The number of carbonyl (C=O) groups is 3. The lowest BCUT2D eigenvalue weighted by molar-refractivity contribution is -0.118. The van der Waals surface area contributed by atoms with E-state index < -0.39 is 17.7 Å². The number of hydrogen-bond donors (Lipinski definition) is 2. The third-order valence-corrected chi connectivity index (χ3v) is 5.18. The molecule has 0 bridgehead atoms. The van der Waals surface area contributed by atoms with Crippen LogP contribution in [-0.4, -0.2) is 49.4 Å². The summed E-state index contributed by atoms with van der Waals surface area (Å²) in [5.74, 6) is -0.449. The van der Waals surface area contributed by atoms with E-state index in [0.29, 0.717) is 28.1 Å². The van der Waals surface area contributed by atoms with Gasteiger partial charge in [-0.15, -0.1) is 0 Å². The minimum atomic E-state index is -0.730. The molecule has 8 heteroatoms. The number of amides is 2. The molecule has 1 saturated heterocycles. The maximum atomic E-state index is 12.6. The second kappa shape index (κ2) is 7.90. The number of ketones is 1. The van der Waals surface area contributed by atoms with Crippen LogP contribution in [0.2, 0.25) is 0 Å². The molecule has 0 aliphatic carbocycles. The van der Waals surface area contributed by atoms with Crippen LogP contribution in [0.5, 0.6) is 11.5 Å². The second-order valence-electron chi connectivity index (χ2n) is 7.00. The van der Waals surface area contributed by atoms with Crippen molar-refractivity contribution in [1.82, 2.24) is 10.3 Å². The zero-order chi connectivity index (χ0) is 21.3. The molecule has 3 aromatic rings. The number of ether oxygens (including phenoxy) is 2. The van der Waals surface area contributed by atoms with E-state index in [2.05, 4.69) is 10.3 Å². The van der Waals surface area contributed by atoms with Crippen LogP contribution >= 0.6 is 0 Å². The molecular formula is C22H21N3O5. The third kappa shape index (κ3) is 3.47. The highest BCUT2D eigenvalue weighted by atomic mass is 16.5. The lowest BCUT2D eigenvalue weighted by Crippen LogP contribution is -2.40. The van der Waals surface area contributed by atoms with Gasteiger partial charge in [0.15, 0.2) is 11.5 Å². The monoisotopic (exact) mass is 407 g/mol. The van der Waals surface area contributed by atoms with Crippen molar-refractivity contribution in [3.8, 4) is 11.5 Å². The van der Waals surface area contributed by atoms with Crippen LogP contribution in [0.3, 0.4) is 0 Å². The Balaban J connectivity index is 1.47. The van der Waals surface area contributed by atoms with Crippen LogP contribution in [-0.2, 0) is 9.59 Å². The molecular weight excluding hydrogens is 386 g/mol. The van der Waals surface area contributed by atoms with Gasteiger partial charge in [-0.2, -0.15) is 0 Å². The Labute approximate surface area is 172 Å². The van der Waals surface area contributed by atoms with Crippen molar-refractivity contribution in [2.45, 2.75) is 12.5 Å². The number of methoxy groups -OCH3 is 2. The number of aromatic amines is 1. The van der Waals surface area contributed by atoms with Crippen molar-refractivity contribution >= 4 is 34.2 Å². The van der Waals surface area contributed by atoms with Gasteiger partial charge in [-0.3, -0.25) is 14.4 Å². The summed E-state index contributed by atoms with van der Waals surface area (Å²) in [6.07, 6.45) is 1.64. The molecule has 2 heterocycles. The normalized spacial score (nSPS) is 16.0. The number of hydrogen-bond acceptors (Lipinski definition) is 5. The summed E-state index contributed by atoms with van der Waals surface area (Å²) >= 11 is 0. The van der Waals surface area contributed by atoms with Gasteiger partial charge in [0, 0.05) is 41.8 Å². The topological polar surface area (TPSA) is 101 Å². The van der Waals surface area contributed by atoms with Crippen LogP contribution < -0.4 is 19.7 Å². The smallest absolute Gasteiger partial charge is 0.292 e. The number of anilines is 1. The Morgan fingerprint density at radius 3 is 2.63 bits per heavy atom. The van der Waals surface area contributed by atoms with Crippen molar-refractivity contribution in [3.63, 3.8) is 0 Å². The van der Waals surface area contributed by atoms with Crippen LogP contribution in [0, 0.1) is 0 Å². The van der Waals surface area contributed by atoms with Gasteiger partial charge in [0.1, 0.15) is 0 Å². The first-order valence-corrected chi connectivity index (χ1v) is 9.45. The number of nitrogens with zero attached hydrogens (tertiary/aromatic N) is 1. The Morgan fingerprint density at radius 1 is 1.10 bits per heavy atom. The van der Waals surface area contributed by atoms with Crippen molar-refractivity contribution in [2.24, 2.45) is 0 Å². The molecule has 0 spiro atoms. The van der Waals surface area contributed by atoms with E-state index in [1.165, 1.54) is 20.4 Å². The zero-order valence-electron chi connectivity index (χ0n) is 16.6. The zero-order valence-corrected chi connectivity index (χ0v) is 16.6. The quantitative estimate of drug-likeness (QED) is 0.482. The summed E-state index contributed by atoms with van der Waals surface area (Å²) in [7, 11) is 3.06. The lowest BCUT2D eigenvalue weighted by Gasteiger charge is -2.19. The van der Waals surface area contributed by atoms with E-state index in [1.807, 2.05) is 18.2 Å². The number of Topliss-reactive ketones (excluding diaryl/α,β-unsaturated/α-hetero) is 1. The molecule has 1 aromatic heterocycles. The maximum Gasteiger partial charge on any atom is 0.292 e. The molecule has 154 valence electrons. The molecule has 2 aromatic carbocycles. The fourth-order valence-electron chi connectivity index (χ4n) is 3.68. The lowest BCUT2D eigenvalue weighted by atomic mass is 10.1. The van der Waals surface area contributed by atoms with Crippen LogP contribution in [0.25, 0.3) is 10.9 Å². The first-order chi connectivity index (χ1) is 14.5. The largest absolute Gasteiger partial charge is 0.493 e. The summed E-state index contributed by atoms with van der Waals surface area (Å²) in [4.78, 5) is 42.2. The number of aromatic nitrogens is 1. The third-order valence-electron chi connectivity index (χ3n) is 5.18. The molecule has 2 amide bonds. The van der Waals surface area contributed by atoms with Crippen LogP contribution in [0.4, 0.5) is 5.69 Å². The number of nitrogens with one attached hydrogen (secondary N) is 2. The van der Waals surface area contributed by atoms with E-state index in [4.69, 9.17) is 9.47 Å². The minimum Gasteiger partial charge on any atom is -0.493 e. The molecule has 1 atom stereocenters. The maximum absolute atomic E-state index is 12.6. The second-order valence-corrected chi connectivity index (χ2v) is 7.00. The SMILES string of the molecule is COc1ccc(N2CC(NC(=O)C(=O)c3c[nH]c4ccccc34)CC2=O)cc1OC. The van der Waals surface area contributed by atoms with E-state index in [-0.39, 0.29) is 18.9 Å². The molecule has 2 N–H and O–H groups in total.